The molecule has 0 aromatic rings. The summed E-state index contributed by atoms with van der Waals surface area (Å²) in [6, 6.07) is 0. The van der Waals surface area contributed by atoms with Crippen molar-refractivity contribution < 1.29 is 0 Å². The minimum absolute atomic E-state index is 0.997. The molecule has 0 spiro atoms. The monoisotopic (exact) mass is 264 g/mol. The van der Waals surface area contributed by atoms with E-state index in [1.807, 2.05) is 0 Å². The van der Waals surface area contributed by atoms with Crippen molar-refractivity contribution in [3.05, 3.63) is 9.79 Å². The van der Waals surface area contributed by atoms with E-state index in [-0.39, 0.29) is 0 Å². The zero-order valence-corrected chi connectivity index (χ0v) is 12.1. The van der Waals surface area contributed by atoms with Crippen molar-refractivity contribution in [3.63, 3.8) is 0 Å². The van der Waals surface area contributed by atoms with Gasteiger partial charge in [0.2, 0.25) is 0 Å². The molecule has 0 aromatic heterocycles. The third-order valence-electron chi connectivity index (χ3n) is 1.81. The molecule has 0 rings (SSSR count). The first-order valence-electron chi connectivity index (χ1n) is 3.85. The molecule has 0 unspecified atom stereocenters. The van der Waals surface area contributed by atoms with Gasteiger partial charge < -0.3 is 0 Å². The molecule has 0 aliphatic heterocycles. The van der Waals surface area contributed by atoms with Gasteiger partial charge in [0.15, 0.2) is 0 Å². The molecular weight excluding hydrogens is 243 g/mol. The maximum absolute atomic E-state index is 4.25. The Morgan fingerprint density at radius 3 is 1.40 bits per heavy atom. The normalized spacial score (nSPS) is 13.4. The average Bonchev–Trinajstić information content (AvgIpc) is 1.59. The first kappa shape index (κ1) is 10.8. The Balaban J connectivity index is 4.40. The summed E-state index contributed by atoms with van der Waals surface area (Å²) in [5, 5.41) is 0. The van der Waals surface area contributed by atoms with E-state index < -0.39 is 26.5 Å². The topological polar surface area (TPSA) is 0 Å². The van der Waals surface area contributed by atoms with Gasteiger partial charge in [-0.3, -0.25) is 0 Å². The number of rotatable bonds is 2. The van der Waals surface area contributed by atoms with Crippen molar-refractivity contribution in [1.29, 1.82) is 0 Å². The van der Waals surface area contributed by atoms with Crippen LogP contribution < -0.4 is 0 Å². The average molecular weight is 263 g/mol. The van der Waals surface area contributed by atoms with E-state index in [0.717, 1.165) is 0 Å². The molecule has 0 aliphatic rings. The van der Waals surface area contributed by atoms with Crippen LogP contribution in [0.4, 0.5) is 0 Å². The second kappa shape index (κ2) is 3.01. The fourth-order valence-corrected chi connectivity index (χ4v) is 22.6. The van der Waals surface area contributed by atoms with E-state index in [4.69, 9.17) is 0 Å². The van der Waals surface area contributed by atoms with Crippen LogP contribution in [0, 0.1) is 0 Å². The van der Waals surface area contributed by atoms with Gasteiger partial charge in [0.1, 0.15) is 0 Å². The van der Waals surface area contributed by atoms with Crippen molar-refractivity contribution >= 4 is 26.5 Å². The van der Waals surface area contributed by atoms with Crippen LogP contribution in [0.3, 0.4) is 0 Å². The Kier molecular flexibility index (Phi) is 3.24. The Morgan fingerprint density at radius 2 is 1.40 bits per heavy atom. The Morgan fingerprint density at radius 1 is 1.10 bits per heavy atom. The van der Waals surface area contributed by atoms with Crippen molar-refractivity contribution in [2.45, 2.75) is 34.5 Å². The molecule has 0 saturated heterocycles. The van der Waals surface area contributed by atoms with Crippen LogP contribution in [0.15, 0.2) is 9.79 Å². The van der Waals surface area contributed by atoms with Crippen molar-refractivity contribution in [2.24, 2.45) is 0 Å². The molecule has 0 N–H and O–H groups in total. The van der Waals surface area contributed by atoms with Crippen LogP contribution in [-0.2, 0) is 0 Å². The van der Waals surface area contributed by atoms with E-state index in [0.29, 0.717) is 0 Å². The summed E-state index contributed by atoms with van der Waals surface area (Å²) < 4.78 is 1.67. The van der Waals surface area contributed by atoms with Crippen molar-refractivity contribution in [2.75, 3.05) is 0 Å². The van der Waals surface area contributed by atoms with Crippen LogP contribution in [0.1, 0.15) is 0 Å². The summed E-state index contributed by atoms with van der Waals surface area (Å²) in [6.07, 6.45) is 0. The number of hydrogen-bond acceptors (Lipinski definition) is 0. The van der Waals surface area contributed by atoms with Crippen LogP contribution in [0.25, 0.3) is 0 Å². The van der Waals surface area contributed by atoms with Crippen LogP contribution in [0.2, 0.25) is 34.5 Å². The van der Waals surface area contributed by atoms with E-state index >= 15 is 0 Å². The van der Waals surface area contributed by atoms with Gasteiger partial charge in [-0.15, -0.1) is 0 Å². The van der Waals surface area contributed by atoms with E-state index in [2.05, 4.69) is 41.0 Å². The molecule has 0 saturated carbocycles. The van der Waals surface area contributed by atoms with E-state index in [9.17, 15) is 0 Å². The predicted molar refractivity (Wildman–Crippen MR) is 55.8 cm³/mol. The molecule has 0 amide bonds. The molecule has 0 aromatic carbocycles. The summed E-state index contributed by atoms with van der Waals surface area (Å²) in [5.74, 6) is 0. The van der Waals surface area contributed by atoms with Gasteiger partial charge in [0, 0.05) is 0 Å². The summed E-state index contributed by atoms with van der Waals surface area (Å²) in [5.41, 5.74) is 0. The van der Waals surface area contributed by atoms with Gasteiger partial charge in [-0.2, -0.15) is 0 Å². The van der Waals surface area contributed by atoms with Crippen molar-refractivity contribution in [3.8, 4) is 0 Å². The fourth-order valence-electron chi connectivity index (χ4n) is 1.12. The Bertz CT molecular complexity index is 120. The SMILES string of the molecule is C=[C]([Si](C)(C)C)[Sn]([CH3])([CH3])[CH3]. The number of hydrogen-bond donors (Lipinski definition) is 0. The second-order valence-corrected chi connectivity index (χ2v) is 26.1. The Labute approximate surface area is 70.6 Å². The summed E-state index contributed by atoms with van der Waals surface area (Å²) in [6.45, 7) is 11.5. The standard InChI is InChI=1S/C5H11Si.3CH3.Sn/c1-5-6(2,3)4;;;;/h1H2,2-4H3;3*1H3;. The summed E-state index contributed by atoms with van der Waals surface area (Å²) in [4.78, 5) is 7.36. The molecule has 60 valence electrons. The zero-order valence-electron chi connectivity index (χ0n) is 8.21. The quantitative estimate of drug-likeness (QED) is 0.670. The second-order valence-electron chi connectivity index (χ2n) is 4.98. The molecule has 0 fully saturated rings. The zero-order chi connectivity index (χ0) is 8.58. The maximum atomic E-state index is 4.25. The summed E-state index contributed by atoms with van der Waals surface area (Å²) >= 11 is -1.71. The molecule has 0 nitrogen and oxygen atoms in total. The third-order valence-corrected chi connectivity index (χ3v) is 20.2. The van der Waals surface area contributed by atoms with E-state index in [1.54, 1.807) is 3.21 Å². The Hall–Kier alpha value is 0.756. The van der Waals surface area contributed by atoms with Crippen molar-refractivity contribution in [1.82, 2.24) is 0 Å². The first-order valence-corrected chi connectivity index (χ1v) is 17.3. The first-order chi connectivity index (χ1) is 4.15. The van der Waals surface area contributed by atoms with Crippen LogP contribution >= 0.6 is 0 Å². The van der Waals surface area contributed by atoms with Gasteiger partial charge in [-0.25, -0.2) is 0 Å². The van der Waals surface area contributed by atoms with Gasteiger partial charge in [0.25, 0.3) is 0 Å². The van der Waals surface area contributed by atoms with Gasteiger partial charge in [-0.05, 0) is 0 Å². The van der Waals surface area contributed by atoms with Gasteiger partial charge in [-0.1, -0.05) is 0 Å². The van der Waals surface area contributed by atoms with Gasteiger partial charge >= 0.3 is 70.7 Å². The third kappa shape index (κ3) is 3.24. The minimum atomic E-state index is -1.71. The molecule has 0 radical (unpaired) electrons. The van der Waals surface area contributed by atoms with E-state index in [1.165, 1.54) is 0 Å². The van der Waals surface area contributed by atoms with Crippen LogP contribution in [0.5, 0.6) is 0 Å². The molecule has 0 heterocycles. The molecule has 10 heavy (non-hydrogen) atoms. The molecular formula is C8H20SiSn. The molecule has 0 bridgehead atoms. The predicted octanol–water partition coefficient (Wildman–Crippen LogP) is 3.30. The fraction of sp³-hybridized carbons (Fsp3) is 0.750. The van der Waals surface area contributed by atoms with Gasteiger partial charge in [0.05, 0.1) is 0 Å². The molecule has 0 aliphatic carbocycles. The molecule has 0 atom stereocenters. The summed E-state index contributed by atoms with van der Waals surface area (Å²) in [7, 11) is -0.997. The van der Waals surface area contributed by atoms with Crippen LogP contribution in [-0.4, -0.2) is 26.5 Å². The molecule has 2 heteroatoms.